The molecule has 0 spiro atoms. The zero-order valence-corrected chi connectivity index (χ0v) is 11.1. The normalized spacial score (nSPS) is 27.7. The molecule has 2 rings (SSSR count). The topological polar surface area (TPSA) is 29.5 Å². The summed E-state index contributed by atoms with van der Waals surface area (Å²) in [6.45, 7) is 3.37. The van der Waals surface area contributed by atoms with E-state index in [0.29, 0.717) is 12.0 Å². The maximum atomic E-state index is 11.4. The van der Waals surface area contributed by atoms with E-state index in [9.17, 15) is 4.79 Å². The molecule has 90 valence electrons. The minimum absolute atomic E-state index is 0.208. The van der Waals surface area contributed by atoms with Crippen molar-refractivity contribution in [1.82, 2.24) is 4.90 Å². The van der Waals surface area contributed by atoms with Gasteiger partial charge in [0, 0.05) is 12.3 Å². The number of ether oxygens (including phenoxy) is 1. The largest absolute Gasteiger partial charge is 0.463 e. The summed E-state index contributed by atoms with van der Waals surface area (Å²) in [5.41, 5.74) is 0. The second kappa shape index (κ2) is 5.87. The molecule has 0 saturated carbocycles. The zero-order chi connectivity index (χ0) is 11.4. The van der Waals surface area contributed by atoms with Gasteiger partial charge in [-0.25, -0.2) is 4.79 Å². The van der Waals surface area contributed by atoms with Crippen LogP contribution in [0.4, 0.5) is 0 Å². The molecule has 2 aliphatic heterocycles. The van der Waals surface area contributed by atoms with Crippen molar-refractivity contribution in [2.45, 2.75) is 25.1 Å². The molecule has 1 unspecified atom stereocenters. The molecule has 2 saturated heterocycles. The molecule has 0 radical (unpaired) electrons. The molecular formula is C11H17NO2S2. The first kappa shape index (κ1) is 12.2. The summed E-state index contributed by atoms with van der Waals surface area (Å²) in [5.74, 6) is 2.13. The van der Waals surface area contributed by atoms with E-state index in [4.69, 9.17) is 4.74 Å². The number of esters is 1. The minimum atomic E-state index is -0.208. The summed E-state index contributed by atoms with van der Waals surface area (Å²) >= 11 is 3.79. The monoisotopic (exact) mass is 259 g/mol. The number of fused-ring (bicyclic) bond motifs is 1. The predicted molar refractivity (Wildman–Crippen MR) is 69.4 cm³/mol. The molecule has 0 aromatic rings. The van der Waals surface area contributed by atoms with Gasteiger partial charge in [-0.05, 0) is 25.5 Å². The molecule has 2 heterocycles. The van der Waals surface area contributed by atoms with Crippen LogP contribution in [0.1, 0.15) is 19.8 Å². The lowest BCUT2D eigenvalue weighted by atomic mass is 10.3. The van der Waals surface area contributed by atoms with Crippen LogP contribution in [0.3, 0.4) is 0 Å². The van der Waals surface area contributed by atoms with Gasteiger partial charge in [-0.15, -0.1) is 23.5 Å². The Balaban J connectivity index is 2.02. The molecule has 1 atom stereocenters. The number of carbonyl (C=O) groups excluding carboxylic acids is 1. The predicted octanol–water partition coefficient (Wildman–Crippen LogP) is 2.29. The number of nitrogens with zero attached hydrogens (tertiary/aromatic N) is 1. The Labute approximate surface area is 105 Å². The quantitative estimate of drug-likeness (QED) is 0.561. The molecule has 0 aromatic heterocycles. The molecule has 5 heteroatoms. The van der Waals surface area contributed by atoms with E-state index in [1.807, 2.05) is 18.7 Å². The molecule has 0 N–H and O–H groups in total. The van der Waals surface area contributed by atoms with Gasteiger partial charge in [-0.1, -0.05) is 0 Å². The van der Waals surface area contributed by atoms with Gasteiger partial charge in [-0.2, -0.15) is 0 Å². The van der Waals surface area contributed by atoms with Gasteiger partial charge in [0.25, 0.3) is 0 Å². The van der Waals surface area contributed by atoms with Crippen molar-refractivity contribution in [3.8, 4) is 0 Å². The fourth-order valence-electron chi connectivity index (χ4n) is 1.88. The molecular weight excluding hydrogens is 242 g/mol. The molecule has 0 aromatic carbocycles. The highest BCUT2D eigenvalue weighted by Gasteiger charge is 2.30. The van der Waals surface area contributed by atoms with Crippen LogP contribution < -0.4 is 0 Å². The van der Waals surface area contributed by atoms with E-state index in [0.717, 1.165) is 17.3 Å². The number of thioether (sulfide) groups is 2. The summed E-state index contributed by atoms with van der Waals surface area (Å²) in [6, 6.07) is 0. The highest BCUT2D eigenvalue weighted by Crippen LogP contribution is 2.39. The molecule has 0 aliphatic carbocycles. The highest BCUT2D eigenvalue weighted by atomic mass is 32.2. The highest BCUT2D eigenvalue weighted by molar-refractivity contribution is 8.06. The summed E-state index contributed by atoms with van der Waals surface area (Å²) in [6.07, 6.45) is 4.17. The number of carbonyl (C=O) groups is 1. The van der Waals surface area contributed by atoms with Gasteiger partial charge < -0.3 is 9.64 Å². The van der Waals surface area contributed by atoms with Crippen LogP contribution in [-0.4, -0.2) is 40.9 Å². The Hall–Kier alpha value is -0.290. The van der Waals surface area contributed by atoms with Crippen LogP contribution in [0, 0.1) is 0 Å². The molecule has 0 amide bonds. The number of rotatable bonds is 2. The van der Waals surface area contributed by atoms with Crippen LogP contribution in [0.5, 0.6) is 0 Å². The first-order valence-corrected chi connectivity index (χ1v) is 7.74. The van der Waals surface area contributed by atoms with Gasteiger partial charge >= 0.3 is 5.97 Å². The van der Waals surface area contributed by atoms with Gasteiger partial charge in [0.05, 0.1) is 23.1 Å². The Morgan fingerprint density at radius 2 is 2.50 bits per heavy atom. The van der Waals surface area contributed by atoms with E-state index in [-0.39, 0.29) is 5.97 Å². The third-order valence-corrected chi connectivity index (χ3v) is 5.31. The smallest absolute Gasteiger partial charge is 0.333 e. The lowest BCUT2D eigenvalue weighted by Gasteiger charge is -2.23. The van der Waals surface area contributed by atoms with Crippen LogP contribution in [0.25, 0.3) is 0 Å². The van der Waals surface area contributed by atoms with Crippen molar-refractivity contribution in [3.05, 3.63) is 11.1 Å². The average molecular weight is 259 g/mol. The maximum Gasteiger partial charge on any atom is 0.333 e. The number of hydrogen-bond donors (Lipinski definition) is 0. The van der Waals surface area contributed by atoms with E-state index in [2.05, 4.69) is 4.90 Å². The zero-order valence-electron chi connectivity index (χ0n) is 9.48. The van der Waals surface area contributed by atoms with Crippen LogP contribution in [0.15, 0.2) is 11.1 Å². The van der Waals surface area contributed by atoms with Crippen molar-refractivity contribution in [2.75, 3.05) is 24.7 Å². The van der Waals surface area contributed by atoms with Crippen LogP contribution in [-0.2, 0) is 9.53 Å². The first-order chi connectivity index (χ1) is 7.81. The van der Waals surface area contributed by atoms with Crippen molar-refractivity contribution in [1.29, 1.82) is 0 Å². The molecule has 2 aliphatic rings. The Bertz CT molecular complexity index is 294. The van der Waals surface area contributed by atoms with Crippen molar-refractivity contribution in [2.24, 2.45) is 0 Å². The molecule has 16 heavy (non-hydrogen) atoms. The van der Waals surface area contributed by atoms with E-state index in [1.54, 1.807) is 17.8 Å². The van der Waals surface area contributed by atoms with E-state index < -0.39 is 0 Å². The van der Waals surface area contributed by atoms with E-state index >= 15 is 0 Å². The third-order valence-electron chi connectivity index (χ3n) is 2.64. The molecule has 3 nitrogen and oxygen atoms in total. The third kappa shape index (κ3) is 2.88. The van der Waals surface area contributed by atoms with Gasteiger partial charge in [0.15, 0.2) is 0 Å². The van der Waals surface area contributed by atoms with Crippen molar-refractivity contribution >= 4 is 29.5 Å². The summed E-state index contributed by atoms with van der Waals surface area (Å²) in [4.78, 5) is 13.8. The fraction of sp³-hybridized carbons (Fsp3) is 0.727. The molecule has 2 fully saturated rings. The maximum absolute atomic E-state index is 11.4. The second-order valence-corrected chi connectivity index (χ2v) is 6.10. The molecule has 0 bridgehead atoms. The lowest BCUT2D eigenvalue weighted by molar-refractivity contribution is -0.137. The van der Waals surface area contributed by atoms with Gasteiger partial charge in [0.1, 0.15) is 0 Å². The Kier molecular flexibility index (Phi) is 4.46. The Morgan fingerprint density at radius 1 is 1.62 bits per heavy atom. The lowest BCUT2D eigenvalue weighted by Crippen LogP contribution is -2.27. The van der Waals surface area contributed by atoms with Gasteiger partial charge in [-0.3, -0.25) is 0 Å². The van der Waals surface area contributed by atoms with Crippen LogP contribution >= 0.6 is 23.5 Å². The van der Waals surface area contributed by atoms with Crippen LogP contribution in [0.2, 0.25) is 0 Å². The fourth-order valence-corrected chi connectivity index (χ4v) is 4.63. The summed E-state index contributed by atoms with van der Waals surface area (Å²) < 4.78 is 4.95. The minimum Gasteiger partial charge on any atom is -0.463 e. The average Bonchev–Trinajstić information content (AvgIpc) is 2.51. The summed E-state index contributed by atoms with van der Waals surface area (Å²) in [5, 5.41) is 1.66. The second-order valence-electron chi connectivity index (χ2n) is 3.77. The number of hydrogen-bond acceptors (Lipinski definition) is 5. The Morgan fingerprint density at radius 3 is 3.31 bits per heavy atom. The standard InChI is InChI=1S/C11H17NO2S2/c1-2-14-11(13)7-9-12-5-3-4-6-15-10(12)8-16-9/h7,10H,2-6,8H2,1H3/b9-7-. The first-order valence-electron chi connectivity index (χ1n) is 5.70. The van der Waals surface area contributed by atoms with Crippen molar-refractivity contribution < 1.29 is 9.53 Å². The summed E-state index contributed by atoms with van der Waals surface area (Å²) in [7, 11) is 0. The van der Waals surface area contributed by atoms with E-state index in [1.165, 1.54) is 18.6 Å². The SMILES string of the molecule is CCOC(=O)/C=C1\SCC2SCCCCN12. The van der Waals surface area contributed by atoms with Crippen molar-refractivity contribution in [3.63, 3.8) is 0 Å². The van der Waals surface area contributed by atoms with Gasteiger partial charge in [0.2, 0.25) is 0 Å².